The fourth-order valence-electron chi connectivity index (χ4n) is 4.39. The molecule has 1 aliphatic heterocycles. The van der Waals surface area contributed by atoms with Crippen LogP contribution in [0.15, 0.2) is 12.3 Å². The smallest absolute Gasteiger partial charge is 0.208 e. The van der Waals surface area contributed by atoms with Crippen molar-refractivity contribution in [2.24, 2.45) is 0 Å². The molecular weight excluding hydrogens is 459 g/mol. The molecule has 5 N–H and O–H groups in total. The Morgan fingerprint density at radius 3 is 2.68 bits per heavy atom. The van der Waals surface area contributed by atoms with E-state index in [-0.39, 0.29) is 18.7 Å². The highest BCUT2D eigenvalue weighted by Crippen LogP contribution is 2.35. The summed E-state index contributed by atoms with van der Waals surface area (Å²) in [5, 5.41) is 21.6. The maximum absolute atomic E-state index is 10.1. The van der Waals surface area contributed by atoms with Crippen LogP contribution in [0.3, 0.4) is 0 Å². The highest BCUT2D eigenvalue weighted by atomic mass is 31.2. The van der Waals surface area contributed by atoms with Crippen LogP contribution < -0.4 is 5.32 Å². The van der Waals surface area contributed by atoms with Gasteiger partial charge in [-0.25, -0.2) is 9.97 Å². The first-order valence-electron chi connectivity index (χ1n) is 11.7. The van der Waals surface area contributed by atoms with E-state index in [1.54, 1.807) is 0 Å². The van der Waals surface area contributed by atoms with Crippen molar-refractivity contribution < 1.29 is 29.5 Å². The highest BCUT2D eigenvalue weighted by molar-refractivity contribution is 7.44. The summed E-state index contributed by atoms with van der Waals surface area (Å²) in [5.74, 6) is 7.07. The van der Waals surface area contributed by atoms with E-state index in [2.05, 4.69) is 22.1 Å². The first-order valence-corrected chi connectivity index (χ1v) is 13.2. The standard InChI is InChI=1S/C22H29N4O5P.CH4O/c27-22(10-11-22)9-7-18-24-20(23-15-3-1-2-4-15)17-8-12-26(21(17)25-18)19-6-5-16(31-19)13-30-14-32(28)29;1-2/h8,12,15-16,19,27-29H,1-6,10-11,13-14H2,(H,23,24,25);2H,1H3. The summed E-state index contributed by atoms with van der Waals surface area (Å²) in [6.45, 7) is 0.328. The predicted molar refractivity (Wildman–Crippen MR) is 128 cm³/mol. The lowest BCUT2D eigenvalue weighted by Crippen LogP contribution is -2.18. The molecule has 0 spiro atoms. The van der Waals surface area contributed by atoms with Crippen LogP contribution in [0.2, 0.25) is 0 Å². The second kappa shape index (κ2) is 11.3. The second-order valence-corrected chi connectivity index (χ2v) is 9.93. The van der Waals surface area contributed by atoms with E-state index >= 15 is 0 Å². The number of nitrogens with one attached hydrogen (secondary N) is 1. The van der Waals surface area contributed by atoms with Crippen LogP contribution in [0, 0.1) is 11.8 Å². The Morgan fingerprint density at radius 1 is 1.21 bits per heavy atom. The Morgan fingerprint density at radius 2 is 1.97 bits per heavy atom. The van der Waals surface area contributed by atoms with E-state index in [0.717, 1.165) is 49.6 Å². The summed E-state index contributed by atoms with van der Waals surface area (Å²) in [6, 6.07) is 2.41. The number of fused-ring (bicyclic) bond motifs is 1. The van der Waals surface area contributed by atoms with Gasteiger partial charge in [0.15, 0.2) is 8.38 Å². The van der Waals surface area contributed by atoms with E-state index in [4.69, 9.17) is 29.4 Å². The van der Waals surface area contributed by atoms with Crippen molar-refractivity contribution in [3.63, 3.8) is 0 Å². The first kappa shape index (κ1) is 25.3. The quantitative estimate of drug-likeness (QED) is 0.290. The molecule has 2 saturated carbocycles. The third-order valence-electron chi connectivity index (χ3n) is 6.30. The number of aliphatic hydroxyl groups excluding tert-OH is 1. The van der Waals surface area contributed by atoms with E-state index in [1.807, 2.05) is 16.8 Å². The summed E-state index contributed by atoms with van der Waals surface area (Å²) in [4.78, 5) is 27.4. The molecule has 186 valence electrons. The fourth-order valence-corrected chi connectivity index (χ4v) is 4.66. The molecule has 0 radical (unpaired) electrons. The van der Waals surface area contributed by atoms with E-state index < -0.39 is 14.0 Å². The lowest BCUT2D eigenvalue weighted by atomic mass is 10.2. The number of ether oxygens (including phenoxy) is 2. The van der Waals surface area contributed by atoms with Crippen molar-refractivity contribution in [1.29, 1.82) is 0 Å². The van der Waals surface area contributed by atoms with Crippen molar-refractivity contribution in [1.82, 2.24) is 14.5 Å². The first-order chi connectivity index (χ1) is 16.5. The van der Waals surface area contributed by atoms with Crippen LogP contribution in [0.5, 0.6) is 0 Å². The van der Waals surface area contributed by atoms with Crippen molar-refractivity contribution in [2.75, 3.05) is 25.4 Å². The van der Waals surface area contributed by atoms with Gasteiger partial charge in [-0.2, -0.15) is 0 Å². The largest absolute Gasteiger partial charge is 0.400 e. The van der Waals surface area contributed by atoms with Crippen LogP contribution in [0.4, 0.5) is 5.82 Å². The molecule has 10 nitrogen and oxygen atoms in total. The number of aromatic nitrogens is 3. The number of anilines is 1. The average molecular weight is 493 g/mol. The molecule has 34 heavy (non-hydrogen) atoms. The summed E-state index contributed by atoms with van der Waals surface area (Å²) in [5.41, 5.74) is -0.127. The highest BCUT2D eigenvalue weighted by Gasteiger charge is 2.38. The van der Waals surface area contributed by atoms with Crippen molar-refractivity contribution in [3.8, 4) is 11.8 Å². The number of rotatable bonds is 7. The molecule has 0 aromatic carbocycles. The van der Waals surface area contributed by atoms with Crippen LogP contribution in [-0.4, -0.2) is 72.3 Å². The molecule has 5 rings (SSSR count). The molecule has 2 aliphatic carbocycles. The zero-order chi connectivity index (χ0) is 24.1. The molecule has 2 unspecified atom stereocenters. The lowest BCUT2D eigenvalue weighted by molar-refractivity contribution is -0.0335. The monoisotopic (exact) mass is 492 g/mol. The number of aliphatic hydroxyl groups is 2. The van der Waals surface area contributed by atoms with Crippen LogP contribution in [0.1, 0.15) is 63.4 Å². The van der Waals surface area contributed by atoms with E-state index in [1.165, 1.54) is 12.8 Å². The van der Waals surface area contributed by atoms with Gasteiger partial charge in [-0.1, -0.05) is 18.8 Å². The van der Waals surface area contributed by atoms with E-state index in [0.29, 0.717) is 31.3 Å². The van der Waals surface area contributed by atoms with Gasteiger partial charge in [0.05, 0.1) is 18.1 Å². The van der Waals surface area contributed by atoms with E-state index in [9.17, 15) is 5.11 Å². The SMILES string of the molecule is CO.OP(O)COCC1CCC(n2ccc3c(NC4CCCC4)nc(C#CC4(O)CC4)nc32)O1. The molecule has 2 aromatic heterocycles. The molecule has 3 fully saturated rings. The number of hydrogen-bond acceptors (Lipinski definition) is 9. The lowest BCUT2D eigenvalue weighted by Gasteiger charge is -2.17. The predicted octanol–water partition coefficient (Wildman–Crippen LogP) is 2.22. The third-order valence-corrected chi connectivity index (χ3v) is 6.72. The Kier molecular flexibility index (Phi) is 8.38. The van der Waals surface area contributed by atoms with Gasteiger partial charge in [0.25, 0.3) is 0 Å². The normalized spacial score (nSPS) is 23.5. The second-order valence-electron chi connectivity index (χ2n) is 8.93. The minimum Gasteiger partial charge on any atom is -0.400 e. The van der Waals surface area contributed by atoms with Gasteiger partial charge < -0.3 is 39.4 Å². The molecule has 0 bridgehead atoms. The molecule has 2 atom stereocenters. The number of nitrogens with zero attached hydrogens (tertiary/aromatic N) is 3. The molecule has 11 heteroatoms. The molecular formula is C23H33N4O6P. The zero-order valence-electron chi connectivity index (χ0n) is 19.4. The van der Waals surface area contributed by atoms with Gasteiger partial charge in [-0.15, -0.1) is 0 Å². The minimum atomic E-state index is -2.05. The summed E-state index contributed by atoms with van der Waals surface area (Å²) in [7, 11) is -1.05. The fraction of sp³-hybridized carbons (Fsp3) is 0.652. The van der Waals surface area contributed by atoms with Crippen LogP contribution >= 0.6 is 8.38 Å². The van der Waals surface area contributed by atoms with Crippen molar-refractivity contribution >= 4 is 25.2 Å². The number of hydrogen-bond donors (Lipinski definition) is 5. The maximum Gasteiger partial charge on any atom is 0.208 e. The molecule has 2 aromatic rings. The molecule has 1 saturated heterocycles. The van der Waals surface area contributed by atoms with Gasteiger partial charge in [-0.05, 0) is 50.5 Å². The maximum atomic E-state index is 10.1. The van der Waals surface area contributed by atoms with Gasteiger partial charge in [0.1, 0.15) is 29.6 Å². The Hall–Kier alpha value is -1.83. The van der Waals surface area contributed by atoms with Gasteiger partial charge in [0, 0.05) is 19.3 Å². The summed E-state index contributed by atoms with van der Waals surface area (Å²) in [6.07, 6.45) is 9.33. The van der Waals surface area contributed by atoms with Crippen molar-refractivity contribution in [3.05, 3.63) is 18.1 Å². The van der Waals surface area contributed by atoms with Crippen LogP contribution in [-0.2, 0) is 9.47 Å². The topological polar surface area (TPSA) is 142 Å². The average Bonchev–Trinajstić information content (AvgIpc) is 3.26. The molecule has 0 amide bonds. The van der Waals surface area contributed by atoms with Gasteiger partial charge >= 0.3 is 0 Å². The Bertz CT molecular complexity index is 1030. The van der Waals surface area contributed by atoms with Crippen molar-refractivity contribution in [2.45, 2.75) is 75.3 Å². The van der Waals surface area contributed by atoms with Gasteiger partial charge in [0.2, 0.25) is 5.82 Å². The van der Waals surface area contributed by atoms with Gasteiger partial charge in [-0.3, -0.25) is 0 Å². The zero-order valence-corrected chi connectivity index (χ0v) is 20.2. The third kappa shape index (κ3) is 6.23. The molecule has 3 aliphatic rings. The Labute approximate surface area is 200 Å². The Balaban J connectivity index is 0.00000133. The minimum absolute atomic E-state index is 0.0654. The van der Waals surface area contributed by atoms with Crippen LogP contribution in [0.25, 0.3) is 11.0 Å². The summed E-state index contributed by atoms with van der Waals surface area (Å²) >= 11 is 0. The summed E-state index contributed by atoms with van der Waals surface area (Å²) < 4.78 is 13.5. The molecule has 3 heterocycles.